The lowest BCUT2D eigenvalue weighted by molar-refractivity contribution is -0.134. The molecule has 5 heteroatoms. The fraction of sp³-hybridized carbons (Fsp3) is 0.556. The minimum absolute atomic E-state index is 0.116. The number of fused-ring (bicyclic) bond motifs is 1. The molecule has 3 rings (SSSR count). The van der Waals surface area contributed by atoms with Crippen molar-refractivity contribution >= 4 is 17.5 Å². The van der Waals surface area contributed by atoms with Crippen LogP contribution in [0.5, 0.6) is 0 Å². The Morgan fingerprint density at radius 2 is 2.09 bits per heavy atom. The molecule has 0 unspecified atom stereocenters. The number of nitrogens with zero attached hydrogens (tertiary/aromatic N) is 2. The highest BCUT2D eigenvalue weighted by Gasteiger charge is 2.29. The lowest BCUT2D eigenvalue weighted by atomic mass is 9.98. The number of para-hydroxylation sites is 1. The molecule has 2 N–H and O–H groups in total. The number of carbonyl (C=O) groups is 2. The van der Waals surface area contributed by atoms with Crippen LogP contribution in [0.3, 0.4) is 0 Å². The molecule has 0 aliphatic carbocycles. The van der Waals surface area contributed by atoms with Crippen LogP contribution in [0.4, 0.5) is 5.69 Å². The monoisotopic (exact) mass is 315 g/mol. The van der Waals surface area contributed by atoms with E-state index in [1.807, 2.05) is 23.1 Å². The molecule has 2 aliphatic heterocycles. The van der Waals surface area contributed by atoms with E-state index in [0.29, 0.717) is 19.4 Å². The Hall–Kier alpha value is -1.88. The summed E-state index contributed by atoms with van der Waals surface area (Å²) in [7, 11) is 0. The minimum atomic E-state index is 0.116. The summed E-state index contributed by atoms with van der Waals surface area (Å²) in [6, 6.07) is 8.36. The largest absolute Gasteiger partial charge is 0.340 e. The lowest BCUT2D eigenvalue weighted by Gasteiger charge is -2.37. The van der Waals surface area contributed by atoms with Gasteiger partial charge in [-0.15, -0.1) is 0 Å². The van der Waals surface area contributed by atoms with Gasteiger partial charge in [0.25, 0.3) is 0 Å². The van der Waals surface area contributed by atoms with Crippen molar-refractivity contribution in [3.63, 3.8) is 0 Å². The number of aryl methyl sites for hydroxylation is 1. The summed E-state index contributed by atoms with van der Waals surface area (Å²) in [5, 5.41) is 0. The predicted molar refractivity (Wildman–Crippen MR) is 90.1 cm³/mol. The van der Waals surface area contributed by atoms with Crippen molar-refractivity contribution in [1.29, 1.82) is 0 Å². The highest BCUT2D eigenvalue weighted by molar-refractivity contribution is 5.97. The summed E-state index contributed by atoms with van der Waals surface area (Å²) < 4.78 is 0. The van der Waals surface area contributed by atoms with Crippen LogP contribution in [0.1, 0.15) is 38.2 Å². The van der Waals surface area contributed by atoms with Gasteiger partial charge in [0.05, 0.1) is 0 Å². The van der Waals surface area contributed by atoms with Crippen LogP contribution < -0.4 is 10.6 Å². The molecule has 2 amide bonds. The molecule has 124 valence electrons. The first-order valence-electron chi connectivity index (χ1n) is 8.49. The highest BCUT2D eigenvalue weighted by atomic mass is 16.2. The fourth-order valence-electron chi connectivity index (χ4n) is 3.67. The van der Waals surface area contributed by atoms with Crippen molar-refractivity contribution in [2.75, 3.05) is 18.0 Å². The molecule has 0 aromatic heterocycles. The van der Waals surface area contributed by atoms with Crippen molar-refractivity contribution in [2.45, 2.75) is 51.1 Å². The average Bonchev–Trinajstić information content (AvgIpc) is 2.53. The van der Waals surface area contributed by atoms with Gasteiger partial charge in [-0.25, -0.2) is 0 Å². The maximum absolute atomic E-state index is 12.5. The summed E-state index contributed by atoms with van der Waals surface area (Å²) in [4.78, 5) is 28.5. The quantitative estimate of drug-likeness (QED) is 0.923. The number of rotatable bonds is 3. The zero-order chi connectivity index (χ0) is 16.4. The van der Waals surface area contributed by atoms with Gasteiger partial charge in [0.15, 0.2) is 0 Å². The molecule has 2 aliphatic rings. The van der Waals surface area contributed by atoms with Crippen LogP contribution in [0, 0.1) is 0 Å². The van der Waals surface area contributed by atoms with Crippen LogP contribution in [0.2, 0.25) is 0 Å². The second-order valence-corrected chi connectivity index (χ2v) is 6.64. The van der Waals surface area contributed by atoms with Crippen molar-refractivity contribution in [1.82, 2.24) is 4.90 Å². The Morgan fingerprint density at radius 3 is 2.87 bits per heavy atom. The van der Waals surface area contributed by atoms with Gasteiger partial charge in [0.1, 0.15) is 0 Å². The first kappa shape index (κ1) is 16.0. The maximum Gasteiger partial charge on any atom is 0.227 e. The summed E-state index contributed by atoms with van der Waals surface area (Å²) >= 11 is 0. The van der Waals surface area contributed by atoms with Crippen LogP contribution in [-0.2, 0) is 16.0 Å². The van der Waals surface area contributed by atoms with E-state index in [0.717, 1.165) is 31.5 Å². The molecule has 2 heterocycles. The molecule has 0 bridgehead atoms. The number of carbonyl (C=O) groups excluding carboxylic acids is 2. The molecule has 5 nitrogen and oxygen atoms in total. The third-order valence-corrected chi connectivity index (χ3v) is 4.98. The van der Waals surface area contributed by atoms with Gasteiger partial charge < -0.3 is 15.5 Å². The smallest absolute Gasteiger partial charge is 0.227 e. The summed E-state index contributed by atoms with van der Waals surface area (Å²) in [5.41, 5.74) is 8.11. The zero-order valence-corrected chi connectivity index (χ0v) is 13.7. The Bertz CT molecular complexity index is 602. The van der Waals surface area contributed by atoms with E-state index in [1.165, 1.54) is 5.56 Å². The number of piperidine rings is 1. The molecular weight excluding hydrogens is 290 g/mol. The van der Waals surface area contributed by atoms with E-state index in [2.05, 4.69) is 13.0 Å². The van der Waals surface area contributed by atoms with Gasteiger partial charge in [0, 0.05) is 43.7 Å². The Morgan fingerprint density at radius 1 is 1.30 bits per heavy atom. The number of likely N-dealkylation sites (tertiary alicyclic amines) is 1. The third kappa shape index (κ3) is 3.39. The van der Waals surface area contributed by atoms with Gasteiger partial charge in [-0.3, -0.25) is 9.59 Å². The molecule has 1 aromatic carbocycles. The predicted octanol–water partition coefficient (Wildman–Crippen LogP) is 1.69. The molecule has 1 fully saturated rings. The zero-order valence-electron chi connectivity index (χ0n) is 13.7. The highest BCUT2D eigenvalue weighted by Crippen LogP contribution is 2.27. The van der Waals surface area contributed by atoms with E-state index in [9.17, 15) is 9.59 Å². The SMILES string of the molecule is C[C@@H]1C[C@H](N)CCN1C(=O)CCN1C(=O)CCc2ccccc21. The summed E-state index contributed by atoms with van der Waals surface area (Å²) in [6.45, 7) is 3.24. The van der Waals surface area contributed by atoms with Crippen LogP contribution in [0.15, 0.2) is 24.3 Å². The molecule has 0 spiro atoms. The number of hydrogen-bond donors (Lipinski definition) is 1. The summed E-state index contributed by atoms with van der Waals surface area (Å²) in [6.07, 6.45) is 3.42. The molecule has 2 atom stereocenters. The Kier molecular flexibility index (Phi) is 4.66. The fourth-order valence-corrected chi connectivity index (χ4v) is 3.67. The minimum Gasteiger partial charge on any atom is -0.340 e. The van der Waals surface area contributed by atoms with E-state index < -0.39 is 0 Å². The van der Waals surface area contributed by atoms with Crippen molar-refractivity contribution in [3.8, 4) is 0 Å². The topological polar surface area (TPSA) is 66.6 Å². The molecular formula is C18H25N3O2. The van der Waals surface area contributed by atoms with Crippen molar-refractivity contribution in [3.05, 3.63) is 29.8 Å². The number of hydrogen-bond acceptors (Lipinski definition) is 3. The second-order valence-electron chi connectivity index (χ2n) is 6.64. The molecule has 1 aromatic rings. The molecule has 1 saturated heterocycles. The second kappa shape index (κ2) is 6.71. The van der Waals surface area contributed by atoms with E-state index in [-0.39, 0.29) is 23.9 Å². The molecule has 0 saturated carbocycles. The van der Waals surface area contributed by atoms with Crippen molar-refractivity contribution in [2.24, 2.45) is 5.73 Å². The van der Waals surface area contributed by atoms with E-state index >= 15 is 0 Å². The van der Waals surface area contributed by atoms with Crippen LogP contribution >= 0.6 is 0 Å². The van der Waals surface area contributed by atoms with Crippen molar-refractivity contribution < 1.29 is 9.59 Å². The number of nitrogens with two attached hydrogens (primary N) is 1. The Labute approximate surface area is 137 Å². The molecule has 23 heavy (non-hydrogen) atoms. The van der Waals surface area contributed by atoms with Crippen LogP contribution in [0.25, 0.3) is 0 Å². The van der Waals surface area contributed by atoms with Gasteiger partial charge in [-0.2, -0.15) is 0 Å². The number of anilines is 1. The summed E-state index contributed by atoms with van der Waals surface area (Å²) in [5.74, 6) is 0.241. The average molecular weight is 315 g/mol. The van der Waals surface area contributed by atoms with E-state index in [4.69, 9.17) is 5.73 Å². The first-order chi connectivity index (χ1) is 11.1. The number of amides is 2. The van der Waals surface area contributed by atoms with Gasteiger partial charge in [-0.1, -0.05) is 18.2 Å². The van der Waals surface area contributed by atoms with Gasteiger partial charge in [-0.05, 0) is 37.8 Å². The Balaban J connectivity index is 1.64. The van der Waals surface area contributed by atoms with Gasteiger partial charge >= 0.3 is 0 Å². The standard InChI is InChI=1S/C18H25N3O2/c1-13-12-15(19)8-10-20(13)18(23)9-11-21-16-5-3-2-4-14(16)6-7-17(21)22/h2-5,13,15H,6-12,19H2,1H3/t13-,15-/m1/s1. The lowest BCUT2D eigenvalue weighted by Crippen LogP contribution is -2.49. The van der Waals surface area contributed by atoms with Crippen LogP contribution in [-0.4, -0.2) is 41.9 Å². The van der Waals surface area contributed by atoms with Gasteiger partial charge in [0.2, 0.25) is 11.8 Å². The normalized spacial score (nSPS) is 24.5. The van der Waals surface area contributed by atoms with E-state index in [1.54, 1.807) is 4.90 Å². The number of benzene rings is 1. The molecule has 0 radical (unpaired) electrons. The first-order valence-corrected chi connectivity index (χ1v) is 8.49. The maximum atomic E-state index is 12.5. The third-order valence-electron chi connectivity index (χ3n) is 4.98.